The molecule has 0 unspecified atom stereocenters. The van der Waals surface area contributed by atoms with Crippen LogP contribution in [0, 0.1) is 13.8 Å². The number of aryl methyl sites for hydroxylation is 2. The van der Waals surface area contributed by atoms with E-state index in [2.05, 4.69) is 15.6 Å². The molecule has 5 nitrogen and oxygen atoms in total. The maximum atomic E-state index is 11.2. The van der Waals surface area contributed by atoms with Crippen LogP contribution < -0.4 is 10.6 Å². The van der Waals surface area contributed by atoms with Crippen LogP contribution in [0.3, 0.4) is 0 Å². The van der Waals surface area contributed by atoms with Crippen LogP contribution >= 0.6 is 0 Å². The molecule has 0 amide bonds. The fourth-order valence-corrected chi connectivity index (χ4v) is 1.71. The SMILES string of the molecule is CNCCCNc1nc(C)cc(C)c1C(=O)O. The fraction of sp³-hybridized carbons (Fsp3) is 0.500. The van der Waals surface area contributed by atoms with Crippen LogP contribution in [-0.4, -0.2) is 36.2 Å². The first-order valence-electron chi connectivity index (χ1n) is 5.66. The van der Waals surface area contributed by atoms with Crippen LogP contribution in [0.15, 0.2) is 6.07 Å². The molecular weight excluding hydrogens is 218 g/mol. The molecule has 1 heterocycles. The number of hydrogen-bond acceptors (Lipinski definition) is 4. The molecule has 0 bridgehead atoms. The smallest absolute Gasteiger partial charge is 0.339 e. The number of hydrogen-bond donors (Lipinski definition) is 3. The summed E-state index contributed by atoms with van der Waals surface area (Å²) < 4.78 is 0. The lowest BCUT2D eigenvalue weighted by atomic mass is 10.1. The number of pyridine rings is 1. The molecule has 0 spiro atoms. The number of nitrogens with one attached hydrogen (secondary N) is 2. The molecule has 1 aromatic rings. The largest absolute Gasteiger partial charge is 0.478 e. The predicted molar refractivity (Wildman–Crippen MR) is 67.7 cm³/mol. The number of aromatic nitrogens is 1. The Morgan fingerprint density at radius 2 is 2.12 bits per heavy atom. The van der Waals surface area contributed by atoms with Crippen LogP contribution in [0.1, 0.15) is 28.0 Å². The van der Waals surface area contributed by atoms with Crippen molar-refractivity contribution in [1.82, 2.24) is 10.3 Å². The Kier molecular flexibility index (Phi) is 4.90. The zero-order chi connectivity index (χ0) is 12.8. The van der Waals surface area contributed by atoms with Crippen LogP contribution in [0.4, 0.5) is 5.82 Å². The Bertz CT molecular complexity index is 405. The van der Waals surface area contributed by atoms with E-state index in [0.717, 1.165) is 24.2 Å². The van der Waals surface area contributed by atoms with Crippen LogP contribution in [0.25, 0.3) is 0 Å². The number of aromatic carboxylic acids is 1. The summed E-state index contributed by atoms with van der Waals surface area (Å²) >= 11 is 0. The average molecular weight is 237 g/mol. The van der Waals surface area contributed by atoms with Gasteiger partial charge in [0.1, 0.15) is 11.4 Å². The Labute approximate surface area is 101 Å². The summed E-state index contributed by atoms with van der Waals surface area (Å²) in [7, 11) is 1.89. The number of carboxylic acid groups (broad SMARTS) is 1. The Morgan fingerprint density at radius 3 is 2.71 bits per heavy atom. The van der Waals surface area contributed by atoms with Crippen molar-refractivity contribution in [3.05, 3.63) is 22.9 Å². The molecule has 0 atom stereocenters. The van der Waals surface area contributed by atoms with Gasteiger partial charge in [0.15, 0.2) is 0 Å². The van der Waals surface area contributed by atoms with E-state index >= 15 is 0 Å². The molecule has 3 N–H and O–H groups in total. The van der Waals surface area contributed by atoms with Gasteiger partial charge >= 0.3 is 5.97 Å². The molecule has 94 valence electrons. The lowest BCUT2D eigenvalue weighted by molar-refractivity contribution is 0.0697. The second kappa shape index (κ2) is 6.20. The molecular formula is C12H19N3O2. The van der Waals surface area contributed by atoms with Crippen molar-refractivity contribution >= 4 is 11.8 Å². The molecule has 0 aliphatic rings. The Balaban J connectivity index is 2.85. The van der Waals surface area contributed by atoms with E-state index in [1.54, 1.807) is 13.0 Å². The zero-order valence-corrected chi connectivity index (χ0v) is 10.5. The van der Waals surface area contributed by atoms with E-state index in [4.69, 9.17) is 5.11 Å². The van der Waals surface area contributed by atoms with Crippen LogP contribution in [0.2, 0.25) is 0 Å². The van der Waals surface area contributed by atoms with Crippen molar-refractivity contribution in [3.8, 4) is 0 Å². The molecule has 0 radical (unpaired) electrons. The van der Waals surface area contributed by atoms with Crippen LogP contribution in [-0.2, 0) is 0 Å². The Morgan fingerprint density at radius 1 is 1.41 bits per heavy atom. The minimum Gasteiger partial charge on any atom is -0.478 e. The summed E-state index contributed by atoms with van der Waals surface area (Å²) in [5, 5.41) is 15.3. The van der Waals surface area contributed by atoms with Gasteiger partial charge in [-0.2, -0.15) is 0 Å². The molecule has 0 aromatic carbocycles. The standard InChI is InChI=1S/C12H19N3O2/c1-8-7-9(2)15-11(10(8)12(16)17)14-6-4-5-13-3/h7,13H,4-6H2,1-3H3,(H,14,15)(H,16,17). The van der Waals surface area contributed by atoms with Gasteiger partial charge in [0.05, 0.1) is 0 Å². The van der Waals surface area contributed by atoms with Gasteiger partial charge in [-0.3, -0.25) is 0 Å². The summed E-state index contributed by atoms with van der Waals surface area (Å²) in [6.45, 7) is 5.24. The van der Waals surface area contributed by atoms with Gasteiger partial charge in [0.25, 0.3) is 0 Å². The summed E-state index contributed by atoms with van der Waals surface area (Å²) in [6, 6.07) is 1.78. The number of carbonyl (C=O) groups is 1. The first-order valence-corrected chi connectivity index (χ1v) is 5.66. The minimum atomic E-state index is -0.939. The lowest BCUT2D eigenvalue weighted by Crippen LogP contribution is -2.16. The molecule has 5 heteroatoms. The highest BCUT2D eigenvalue weighted by Gasteiger charge is 2.14. The van der Waals surface area contributed by atoms with Crippen molar-refractivity contribution in [2.75, 3.05) is 25.5 Å². The number of nitrogens with zero attached hydrogens (tertiary/aromatic N) is 1. The Hall–Kier alpha value is -1.62. The normalized spacial score (nSPS) is 10.3. The predicted octanol–water partition coefficient (Wildman–Crippen LogP) is 1.42. The third kappa shape index (κ3) is 3.71. The van der Waals surface area contributed by atoms with Crippen molar-refractivity contribution < 1.29 is 9.90 Å². The number of rotatable bonds is 6. The van der Waals surface area contributed by atoms with Crippen molar-refractivity contribution in [2.45, 2.75) is 20.3 Å². The number of anilines is 1. The lowest BCUT2D eigenvalue weighted by Gasteiger charge is -2.11. The summed E-state index contributed by atoms with van der Waals surface area (Å²) in [5.41, 5.74) is 1.82. The molecule has 0 aliphatic carbocycles. The van der Waals surface area contributed by atoms with E-state index in [0.29, 0.717) is 12.4 Å². The van der Waals surface area contributed by atoms with Gasteiger partial charge in [0.2, 0.25) is 0 Å². The number of carboxylic acids is 1. The molecule has 0 saturated heterocycles. The van der Waals surface area contributed by atoms with Crippen molar-refractivity contribution in [1.29, 1.82) is 0 Å². The van der Waals surface area contributed by atoms with Crippen LogP contribution in [0.5, 0.6) is 0 Å². The molecule has 0 saturated carbocycles. The topological polar surface area (TPSA) is 74.2 Å². The second-order valence-electron chi connectivity index (χ2n) is 3.99. The van der Waals surface area contributed by atoms with E-state index < -0.39 is 5.97 Å². The molecule has 1 aromatic heterocycles. The maximum Gasteiger partial charge on any atom is 0.339 e. The third-order valence-corrected chi connectivity index (χ3v) is 2.45. The third-order valence-electron chi connectivity index (χ3n) is 2.45. The highest BCUT2D eigenvalue weighted by Crippen LogP contribution is 2.18. The minimum absolute atomic E-state index is 0.264. The zero-order valence-electron chi connectivity index (χ0n) is 10.5. The van der Waals surface area contributed by atoms with E-state index in [9.17, 15) is 4.79 Å². The molecule has 0 fully saturated rings. The fourth-order valence-electron chi connectivity index (χ4n) is 1.71. The van der Waals surface area contributed by atoms with Gasteiger partial charge in [-0.05, 0) is 45.5 Å². The van der Waals surface area contributed by atoms with E-state index in [1.807, 2.05) is 14.0 Å². The van der Waals surface area contributed by atoms with Gasteiger partial charge < -0.3 is 15.7 Å². The van der Waals surface area contributed by atoms with Gasteiger partial charge in [-0.1, -0.05) is 0 Å². The van der Waals surface area contributed by atoms with E-state index in [-0.39, 0.29) is 5.56 Å². The summed E-state index contributed by atoms with van der Waals surface area (Å²) in [4.78, 5) is 15.4. The molecule has 17 heavy (non-hydrogen) atoms. The summed E-state index contributed by atoms with van der Waals surface area (Å²) in [5.74, 6) is -0.475. The van der Waals surface area contributed by atoms with Crippen molar-refractivity contribution in [2.24, 2.45) is 0 Å². The monoisotopic (exact) mass is 237 g/mol. The highest BCUT2D eigenvalue weighted by atomic mass is 16.4. The summed E-state index contributed by atoms with van der Waals surface area (Å²) in [6.07, 6.45) is 0.921. The maximum absolute atomic E-state index is 11.2. The first-order chi connectivity index (χ1) is 8.06. The quantitative estimate of drug-likeness (QED) is 0.652. The first kappa shape index (κ1) is 13.4. The molecule has 0 aliphatic heterocycles. The van der Waals surface area contributed by atoms with E-state index in [1.165, 1.54) is 0 Å². The highest BCUT2D eigenvalue weighted by molar-refractivity contribution is 5.94. The van der Waals surface area contributed by atoms with Gasteiger partial charge in [-0.15, -0.1) is 0 Å². The second-order valence-corrected chi connectivity index (χ2v) is 3.99. The average Bonchev–Trinajstić information content (AvgIpc) is 2.22. The van der Waals surface area contributed by atoms with Crippen molar-refractivity contribution in [3.63, 3.8) is 0 Å². The van der Waals surface area contributed by atoms with Gasteiger partial charge in [-0.25, -0.2) is 9.78 Å². The molecule has 1 rings (SSSR count). The van der Waals surface area contributed by atoms with Gasteiger partial charge in [0, 0.05) is 12.2 Å².